The van der Waals surface area contributed by atoms with E-state index in [1.807, 2.05) is 0 Å². The van der Waals surface area contributed by atoms with Crippen LogP contribution in [0.3, 0.4) is 0 Å². The van der Waals surface area contributed by atoms with E-state index in [-0.39, 0.29) is 22.7 Å². The SMILES string of the molecule is COC(=O)c1ncc(C(F)F)c(C#N)c1CCl. The van der Waals surface area contributed by atoms with Gasteiger partial charge in [-0.1, -0.05) is 0 Å². The summed E-state index contributed by atoms with van der Waals surface area (Å²) in [6, 6.07) is 1.60. The van der Waals surface area contributed by atoms with Gasteiger partial charge in [-0.25, -0.2) is 18.6 Å². The number of methoxy groups -OCH3 is 1. The monoisotopic (exact) mass is 260 g/mol. The molecule has 7 heteroatoms. The van der Waals surface area contributed by atoms with E-state index in [9.17, 15) is 13.6 Å². The quantitative estimate of drug-likeness (QED) is 0.618. The van der Waals surface area contributed by atoms with Crippen LogP contribution in [0.25, 0.3) is 0 Å². The third-order valence-electron chi connectivity index (χ3n) is 2.07. The van der Waals surface area contributed by atoms with E-state index >= 15 is 0 Å². The standard InChI is InChI=1S/C10H7ClF2N2O2/c1-17-10(16)8-5(2-11)6(3-14)7(4-15-8)9(12)13/h4,9H,2H2,1H3. The first kappa shape index (κ1) is 13.3. The minimum absolute atomic E-state index is 0.0428. The summed E-state index contributed by atoms with van der Waals surface area (Å²) in [6.07, 6.45) is -2.07. The molecule has 1 aromatic heterocycles. The number of halogens is 3. The lowest BCUT2D eigenvalue weighted by Gasteiger charge is -2.09. The predicted octanol–water partition coefficient (Wildman–Crippen LogP) is 2.42. The number of rotatable bonds is 3. The Bertz CT molecular complexity index is 486. The average molecular weight is 261 g/mol. The summed E-state index contributed by atoms with van der Waals surface area (Å²) >= 11 is 5.55. The second-order valence-corrected chi connectivity index (χ2v) is 3.22. The Morgan fingerprint density at radius 3 is 2.76 bits per heavy atom. The van der Waals surface area contributed by atoms with Crippen LogP contribution in [-0.2, 0) is 10.6 Å². The zero-order valence-electron chi connectivity index (χ0n) is 8.71. The van der Waals surface area contributed by atoms with Gasteiger partial charge in [-0.3, -0.25) is 0 Å². The maximum absolute atomic E-state index is 12.6. The molecule has 0 aliphatic heterocycles. The minimum atomic E-state index is -2.86. The number of esters is 1. The van der Waals surface area contributed by atoms with Gasteiger partial charge in [-0.2, -0.15) is 5.26 Å². The fourth-order valence-corrected chi connectivity index (χ4v) is 1.53. The Labute approximate surface area is 101 Å². The van der Waals surface area contributed by atoms with Crippen molar-refractivity contribution in [1.82, 2.24) is 4.98 Å². The molecule has 1 heterocycles. The van der Waals surface area contributed by atoms with Crippen LogP contribution >= 0.6 is 11.6 Å². The average Bonchev–Trinajstić information content (AvgIpc) is 2.35. The molecule has 0 bridgehead atoms. The summed E-state index contributed by atoms with van der Waals surface area (Å²) in [4.78, 5) is 14.9. The van der Waals surface area contributed by atoms with E-state index in [1.54, 1.807) is 6.07 Å². The molecule has 0 aliphatic carbocycles. The Kier molecular flexibility index (Phi) is 4.35. The van der Waals surface area contributed by atoms with E-state index < -0.39 is 18.0 Å². The first-order valence-corrected chi connectivity index (χ1v) is 4.94. The highest BCUT2D eigenvalue weighted by atomic mass is 35.5. The smallest absolute Gasteiger partial charge is 0.357 e. The lowest BCUT2D eigenvalue weighted by Crippen LogP contribution is -2.11. The van der Waals surface area contributed by atoms with Crippen LogP contribution in [0.4, 0.5) is 8.78 Å². The molecule has 0 saturated carbocycles. The van der Waals surface area contributed by atoms with Crippen LogP contribution in [0.5, 0.6) is 0 Å². The van der Waals surface area contributed by atoms with Crippen molar-refractivity contribution in [3.63, 3.8) is 0 Å². The maximum Gasteiger partial charge on any atom is 0.357 e. The summed E-state index contributed by atoms with van der Waals surface area (Å²) < 4.78 is 29.6. The maximum atomic E-state index is 12.6. The molecule has 1 rings (SSSR count). The summed E-state index contributed by atoms with van der Waals surface area (Å²) in [5, 5.41) is 8.84. The normalized spacial score (nSPS) is 10.1. The van der Waals surface area contributed by atoms with E-state index in [0.29, 0.717) is 0 Å². The number of hydrogen-bond acceptors (Lipinski definition) is 4. The van der Waals surface area contributed by atoms with Gasteiger partial charge in [0.15, 0.2) is 5.69 Å². The molecule has 90 valence electrons. The zero-order chi connectivity index (χ0) is 13.0. The van der Waals surface area contributed by atoms with Crippen molar-refractivity contribution < 1.29 is 18.3 Å². The van der Waals surface area contributed by atoms with Gasteiger partial charge in [-0.15, -0.1) is 11.6 Å². The topological polar surface area (TPSA) is 63.0 Å². The zero-order valence-corrected chi connectivity index (χ0v) is 9.46. The van der Waals surface area contributed by atoms with Crippen LogP contribution in [0.15, 0.2) is 6.20 Å². The van der Waals surface area contributed by atoms with Gasteiger partial charge in [0.25, 0.3) is 6.43 Å². The van der Waals surface area contributed by atoms with Crippen LogP contribution in [0.2, 0.25) is 0 Å². The van der Waals surface area contributed by atoms with Gasteiger partial charge in [0, 0.05) is 11.8 Å². The molecule has 0 amide bonds. The van der Waals surface area contributed by atoms with Crippen molar-refractivity contribution in [3.05, 3.63) is 28.6 Å². The number of aromatic nitrogens is 1. The van der Waals surface area contributed by atoms with Crippen molar-refractivity contribution in [2.45, 2.75) is 12.3 Å². The Morgan fingerprint density at radius 2 is 2.35 bits per heavy atom. The van der Waals surface area contributed by atoms with E-state index in [1.165, 1.54) is 0 Å². The number of hydrogen-bond donors (Lipinski definition) is 0. The summed E-state index contributed by atoms with van der Waals surface area (Å²) in [5.74, 6) is -1.10. The lowest BCUT2D eigenvalue weighted by molar-refractivity contribution is 0.0592. The minimum Gasteiger partial charge on any atom is -0.464 e. The van der Waals surface area contributed by atoms with Crippen molar-refractivity contribution in [1.29, 1.82) is 5.26 Å². The van der Waals surface area contributed by atoms with Crippen LogP contribution in [0, 0.1) is 11.3 Å². The molecule has 1 aromatic rings. The first-order chi connectivity index (χ1) is 8.06. The van der Waals surface area contributed by atoms with Crippen molar-refractivity contribution in [3.8, 4) is 6.07 Å². The molecule has 0 fully saturated rings. The van der Waals surface area contributed by atoms with Crippen LogP contribution in [0.1, 0.15) is 33.6 Å². The summed E-state index contributed by atoms with van der Waals surface area (Å²) in [5.41, 5.74) is -1.14. The molecule has 0 N–H and O–H groups in total. The van der Waals surface area contributed by atoms with E-state index in [2.05, 4.69) is 9.72 Å². The molecular weight excluding hydrogens is 254 g/mol. The molecular formula is C10H7ClF2N2O2. The van der Waals surface area contributed by atoms with Gasteiger partial charge >= 0.3 is 5.97 Å². The fraction of sp³-hybridized carbons (Fsp3) is 0.300. The van der Waals surface area contributed by atoms with Gasteiger partial charge in [0.05, 0.1) is 24.1 Å². The number of carbonyl (C=O) groups is 1. The van der Waals surface area contributed by atoms with Crippen molar-refractivity contribution >= 4 is 17.6 Å². The van der Waals surface area contributed by atoms with Crippen LogP contribution in [-0.4, -0.2) is 18.1 Å². The number of nitrogens with zero attached hydrogens (tertiary/aromatic N) is 2. The molecule has 0 radical (unpaired) electrons. The highest BCUT2D eigenvalue weighted by Crippen LogP contribution is 2.27. The number of ether oxygens (including phenoxy) is 1. The fourth-order valence-electron chi connectivity index (χ4n) is 1.27. The second-order valence-electron chi connectivity index (χ2n) is 2.95. The van der Waals surface area contributed by atoms with Gasteiger partial charge < -0.3 is 4.74 Å². The Hall–Kier alpha value is -1.74. The predicted molar refractivity (Wildman–Crippen MR) is 54.8 cm³/mol. The third kappa shape index (κ3) is 2.50. The van der Waals surface area contributed by atoms with Gasteiger partial charge in [0.1, 0.15) is 6.07 Å². The van der Waals surface area contributed by atoms with E-state index in [4.69, 9.17) is 16.9 Å². The molecule has 17 heavy (non-hydrogen) atoms. The van der Waals surface area contributed by atoms with Crippen molar-refractivity contribution in [2.75, 3.05) is 7.11 Å². The molecule has 0 saturated heterocycles. The lowest BCUT2D eigenvalue weighted by atomic mass is 10.0. The second kappa shape index (κ2) is 5.55. The number of alkyl halides is 3. The molecule has 4 nitrogen and oxygen atoms in total. The molecule has 0 unspecified atom stereocenters. The van der Waals surface area contributed by atoms with Crippen molar-refractivity contribution in [2.24, 2.45) is 0 Å². The highest BCUT2D eigenvalue weighted by molar-refractivity contribution is 6.17. The largest absolute Gasteiger partial charge is 0.464 e. The number of carbonyl (C=O) groups excluding carboxylic acids is 1. The van der Waals surface area contributed by atoms with E-state index in [0.717, 1.165) is 13.3 Å². The van der Waals surface area contributed by atoms with Crippen LogP contribution < -0.4 is 0 Å². The molecule has 0 aromatic carbocycles. The summed E-state index contributed by atoms with van der Waals surface area (Å²) in [6.45, 7) is 0. The highest BCUT2D eigenvalue weighted by Gasteiger charge is 2.23. The summed E-state index contributed by atoms with van der Waals surface area (Å²) in [7, 11) is 1.12. The molecule has 0 spiro atoms. The number of nitriles is 1. The first-order valence-electron chi connectivity index (χ1n) is 4.41. The Morgan fingerprint density at radius 1 is 1.71 bits per heavy atom. The third-order valence-corrected chi connectivity index (χ3v) is 2.34. The van der Waals surface area contributed by atoms with Gasteiger partial charge in [0.2, 0.25) is 0 Å². The number of pyridine rings is 1. The van der Waals surface area contributed by atoms with Gasteiger partial charge in [-0.05, 0) is 0 Å². The Balaban J connectivity index is 3.50. The molecule has 0 atom stereocenters. The molecule has 0 aliphatic rings.